The molecule has 1 heterocycles. The molecule has 0 aromatic heterocycles. The second-order valence-electron chi connectivity index (χ2n) is 6.60. The smallest absolute Gasteiger partial charge is 0.0611 e. The quantitative estimate of drug-likeness (QED) is 0.768. The van der Waals surface area contributed by atoms with E-state index in [2.05, 4.69) is 23.9 Å². The van der Waals surface area contributed by atoms with Crippen LogP contribution in [0.1, 0.15) is 32.1 Å². The van der Waals surface area contributed by atoms with Crippen molar-refractivity contribution in [2.75, 3.05) is 40.3 Å². The van der Waals surface area contributed by atoms with Crippen molar-refractivity contribution < 1.29 is 5.11 Å². The third kappa shape index (κ3) is 3.44. The average Bonchev–Trinajstić information content (AvgIpc) is 2.76. The van der Waals surface area contributed by atoms with Crippen molar-refractivity contribution in [3.8, 4) is 0 Å². The van der Waals surface area contributed by atoms with Crippen molar-refractivity contribution in [2.45, 2.75) is 43.7 Å². The van der Waals surface area contributed by atoms with E-state index in [9.17, 15) is 5.11 Å². The van der Waals surface area contributed by atoms with Gasteiger partial charge in [-0.05, 0) is 65.2 Å². The fourth-order valence-electron chi connectivity index (χ4n) is 3.45. The van der Waals surface area contributed by atoms with Gasteiger partial charge in [0.2, 0.25) is 0 Å². The number of aliphatic hydroxyl groups is 1. The Bertz CT molecular complexity index is 266. The maximum Gasteiger partial charge on any atom is 0.0611 e. The molecule has 18 heavy (non-hydrogen) atoms. The highest BCUT2D eigenvalue weighted by Gasteiger charge is 2.37. The van der Waals surface area contributed by atoms with Crippen LogP contribution in [0.3, 0.4) is 0 Å². The fourth-order valence-corrected chi connectivity index (χ4v) is 3.45. The Morgan fingerprint density at radius 1 is 1.33 bits per heavy atom. The van der Waals surface area contributed by atoms with Gasteiger partial charge >= 0.3 is 0 Å². The first-order valence-electron chi connectivity index (χ1n) is 7.31. The number of nitrogens with zero attached hydrogens (tertiary/aromatic N) is 2. The molecular formula is C14H29N3O. The Labute approximate surface area is 111 Å². The Hall–Kier alpha value is -0.160. The van der Waals surface area contributed by atoms with Crippen molar-refractivity contribution in [1.82, 2.24) is 9.80 Å². The monoisotopic (exact) mass is 255 g/mol. The predicted octanol–water partition coefficient (Wildman–Crippen LogP) is 0.502. The molecule has 2 unspecified atom stereocenters. The molecule has 1 saturated heterocycles. The molecule has 0 aromatic carbocycles. The number of nitrogens with two attached hydrogens (primary N) is 1. The number of hydrogen-bond acceptors (Lipinski definition) is 4. The molecule has 2 aliphatic rings. The summed E-state index contributed by atoms with van der Waals surface area (Å²) < 4.78 is 0. The molecule has 1 saturated carbocycles. The van der Waals surface area contributed by atoms with E-state index in [0.29, 0.717) is 6.04 Å². The minimum Gasteiger partial charge on any atom is -0.394 e. The topological polar surface area (TPSA) is 52.7 Å². The largest absolute Gasteiger partial charge is 0.394 e. The SMILES string of the molecule is CN1CCC(CN(C)C2CCC(N)(CO)C2)CC1. The van der Waals surface area contributed by atoms with Gasteiger partial charge in [-0.1, -0.05) is 0 Å². The van der Waals surface area contributed by atoms with Crippen molar-refractivity contribution in [2.24, 2.45) is 11.7 Å². The first-order chi connectivity index (χ1) is 8.52. The van der Waals surface area contributed by atoms with Crippen LogP contribution in [-0.2, 0) is 0 Å². The van der Waals surface area contributed by atoms with E-state index >= 15 is 0 Å². The van der Waals surface area contributed by atoms with Crippen LogP contribution in [0.15, 0.2) is 0 Å². The Morgan fingerprint density at radius 3 is 2.56 bits per heavy atom. The molecule has 2 fully saturated rings. The van der Waals surface area contributed by atoms with Crippen LogP contribution in [0.4, 0.5) is 0 Å². The maximum atomic E-state index is 9.33. The molecule has 4 heteroatoms. The molecule has 0 bridgehead atoms. The predicted molar refractivity (Wildman–Crippen MR) is 74.5 cm³/mol. The zero-order valence-corrected chi connectivity index (χ0v) is 11.9. The van der Waals surface area contributed by atoms with Crippen molar-refractivity contribution >= 4 is 0 Å². The van der Waals surface area contributed by atoms with Gasteiger partial charge in [-0.15, -0.1) is 0 Å². The Balaban J connectivity index is 1.77. The van der Waals surface area contributed by atoms with E-state index < -0.39 is 0 Å². The van der Waals surface area contributed by atoms with Gasteiger partial charge in [0, 0.05) is 18.1 Å². The zero-order chi connectivity index (χ0) is 13.2. The average molecular weight is 255 g/mol. The third-order valence-corrected chi connectivity index (χ3v) is 4.94. The first kappa shape index (κ1) is 14.3. The highest BCUT2D eigenvalue weighted by Crippen LogP contribution is 2.31. The molecule has 4 nitrogen and oxygen atoms in total. The summed E-state index contributed by atoms with van der Waals surface area (Å²) in [7, 11) is 4.44. The molecule has 3 N–H and O–H groups in total. The van der Waals surface area contributed by atoms with Gasteiger partial charge in [-0.3, -0.25) is 0 Å². The van der Waals surface area contributed by atoms with Gasteiger partial charge in [0.1, 0.15) is 0 Å². The van der Waals surface area contributed by atoms with Crippen LogP contribution in [0.5, 0.6) is 0 Å². The minimum absolute atomic E-state index is 0.131. The van der Waals surface area contributed by atoms with Crippen LogP contribution in [0.25, 0.3) is 0 Å². The summed E-state index contributed by atoms with van der Waals surface area (Å²) in [4.78, 5) is 4.91. The van der Waals surface area contributed by atoms with Gasteiger partial charge in [0.25, 0.3) is 0 Å². The number of piperidine rings is 1. The summed E-state index contributed by atoms with van der Waals surface area (Å²) >= 11 is 0. The molecule has 1 aliphatic heterocycles. The maximum absolute atomic E-state index is 9.33. The van der Waals surface area contributed by atoms with Gasteiger partial charge in [-0.2, -0.15) is 0 Å². The molecule has 0 spiro atoms. The van der Waals surface area contributed by atoms with Gasteiger partial charge in [0.15, 0.2) is 0 Å². The molecule has 2 rings (SSSR count). The number of rotatable bonds is 4. The van der Waals surface area contributed by atoms with Crippen molar-refractivity contribution in [3.63, 3.8) is 0 Å². The van der Waals surface area contributed by atoms with Gasteiger partial charge in [-0.25, -0.2) is 0 Å². The highest BCUT2D eigenvalue weighted by atomic mass is 16.3. The van der Waals surface area contributed by atoms with Crippen LogP contribution >= 0.6 is 0 Å². The molecule has 0 amide bonds. The van der Waals surface area contributed by atoms with Gasteiger partial charge < -0.3 is 20.6 Å². The van der Waals surface area contributed by atoms with Crippen LogP contribution in [0, 0.1) is 5.92 Å². The van der Waals surface area contributed by atoms with E-state index in [1.807, 2.05) is 0 Å². The third-order valence-electron chi connectivity index (χ3n) is 4.94. The highest BCUT2D eigenvalue weighted by molar-refractivity contribution is 4.96. The normalized spacial score (nSPS) is 35.5. The standard InChI is InChI=1S/C14H29N3O/c1-16-7-4-12(5-8-16)10-17(2)13-3-6-14(15,9-13)11-18/h12-13,18H,3-11,15H2,1-2H3. The van der Waals surface area contributed by atoms with Crippen LogP contribution in [-0.4, -0.2) is 66.8 Å². The van der Waals surface area contributed by atoms with Crippen LogP contribution < -0.4 is 5.73 Å². The Morgan fingerprint density at radius 2 is 2.00 bits per heavy atom. The number of likely N-dealkylation sites (tertiary alicyclic amines) is 1. The lowest BCUT2D eigenvalue weighted by Gasteiger charge is -2.34. The lowest BCUT2D eigenvalue weighted by atomic mass is 9.95. The molecule has 0 aromatic rings. The molecule has 2 atom stereocenters. The fraction of sp³-hybridized carbons (Fsp3) is 1.00. The van der Waals surface area contributed by atoms with E-state index in [1.165, 1.54) is 32.5 Å². The summed E-state index contributed by atoms with van der Waals surface area (Å²) in [5, 5.41) is 9.33. The van der Waals surface area contributed by atoms with E-state index in [1.54, 1.807) is 0 Å². The minimum atomic E-state index is -0.314. The van der Waals surface area contributed by atoms with Gasteiger partial charge in [0.05, 0.1) is 6.61 Å². The van der Waals surface area contributed by atoms with Crippen molar-refractivity contribution in [3.05, 3.63) is 0 Å². The van der Waals surface area contributed by atoms with Crippen molar-refractivity contribution in [1.29, 1.82) is 0 Å². The summed E-state index contributed by atoms with van der Waals surface area (Å²) in [6, 6.07) is 0.571. The zero-order valence-electron chi connectivity index (χ0n) is 11.9. The van der Waals surface area contributed by atoms with E-state index in [0.717, 1.165) is 25.2 Å². The van der Waals surface area contributed by atoms with E-state index in [-0.39, 0.29) is 12.1 Å². The lowest BCUT2D eigenvalue weighted by Crippen LogP contribution is -2.44. The first-order valence-corrected chi connectivity index (χ1v) is 7.31. The molecule has 1 aliphatic carbocycles. The van der Waals surface area contributed by atoms with Crippen LogP contribution in [0.2, 0.25) is 0 Å². The summed E-state index contributed by atoms with van der Waals surface area (Å²) in [6.45, 7) is 3.80. The van der Waals surface area contributed by atoms with E-state index in [4.69, 9.17) is 5.73 Å². The second kappa shape index (κ2) is 5.87. The molecule has 106 valence electrons. The number of aliphatic hydroxyl groups excluding tert-OH is 1. The Kier molecular flexibility index (Phi) is 4.64. The molecule has 0 radical (unpaired) electrons. The number of hydrogen-bond donors (Lipinski definition) is 2. The summed E-state index contributed by atoms with van der Waals surface area (Å²) in [5.41, 5.74) is 5.84. The summed E-state index contributed by atoms with van der Waals surface area (Å²) in [6.07, 6.45) is 5.70. The lowest BCUT2D eigenvalue weighted by molar-refractivity contribution is 0.141. The second-order valence-corrected chi connectivity index (χ2v) is 6.60. The summed E-state index contributed by atoms with van der Waals surface area (Å²) in [5.74, 6) is 0.841. The molecular weight excluding hydrogens is 226 g/mol.